The number of benzene rings is 1. The highest BCUT2D eigenvalue weighted by molar-refractivity contribution is 5.82. The van der Waals surface area contributed by atoms with Crippen molar-refractivity contribution in [2.24, 2.45) is 0 Å². The molecule has 0 saturated heterocycles. The summed E-state index contributed by atoms with van der Waals surface area (Å²) in [7, 11) is 0. The molecular weight excluding hydrogens is 416 g/mol. The van der Waals surface area contributed by atoms with Crippen LogP contribution in [0.3, 0.4) is 0 Å². The minimum absolute atomic E-state index is 0.847. The van der Waals surface area contributed by atoms with Crippen LogP contribution in [0.15, 0.2) is 103 Å². The summed E-state index contributed by atoms with van der Waals surface area (Å²) in [6.07, 6.45) is 14.0. The molecule has 0 atom stereocenters. The Bertz CT molecular complexity index is 1460. The SMILES string of the molecule is C=C/C(=C\C(=C/C)C(=C)/C=c1/c(-c2cc3ncccc3[nH]2)n[nH]/c1=C/C)CCc1ccccc1. The van der Waals surface area contributed by atoms with Crippen molar-refractivity contribution in [1.82, 2.24) is 20.2 Å². The Morgan fingerprint density at radius 1 is 1.09 bits per heavy atom. The Balaban J connectivity index is 1.66. The lowest BCUT2D eigenvalue weighted by Gasteiger charge is -2.07. The molecule has 4 heteroatoms. The number of nitrogens with zero attached hydrogens (tertiary/aromatic N) is 2. The summed E-state index contributed by atoms with van der Waals surface area (Å²) in [5.41, 5.74) is 8.16. The van der Waals surface area contributed by atoms with E-state index in [4.69, 9.17) is 0 Å². The third-order valence-corrected chi connectivity index (χ3v) is 5.91. The second kappa shape index (κ2) is 10.6. The molecule has 0 radical (unpaired) electrons. The molecule has 3 heterocycles. The smallest absolute Gasteiger partial charge is 0.116 e. The van der Waals surface area contributed by atoms with E-state index in [9.17, 15) is 0 Å². The predicted molar refractivity (Wildman–Crippen MR) is 143 cm³/mol. The van der Waals surface area contributed by atoms with Gasteiger partial charge in [0.1, 0.15) is 5.69 Å². The van der Waals surface area contributed by atoms with Crippen molar-refractivity contribution in [3.05, 3.63) is 119 Å². The zero-order valence-corrected chi connectivity index (χ0v) is 19.8. The fourth-order valence-corrected chi connectivity index (χ4v) is 4.00. The van der Waals surface area contributed by atoms with Gasteiger partial charge in [-0.3, -0.25) is 10.1 Å². The zero-order valence-electron chi connectivity index (χ0n) is 19.8. The van der Waals surface area contributed by atoms with E-state index in [2.05, 4.69) is 75.8 Å². The fraction of sp³-hybridized carbons (Fsp3) is 0.133. The van der Waals surface area contributed by atoms with Gasteiger partial charge in [0.05, 0.1) is 22.1 Å². The number of aromatic nitrogens is 4. The molecule has 0 aliphatic rings. The third kappa shape index (κ3) is 5.07. The first-order chi connectivity index (χ1) is 16.6. The van der Waals surface area contributed by atoms with Crippen molar-refractivity contribution in [3.8, 4) is 11.4 Å². The first-order valence-electron chi connectivity index (χ1n) is 11.5. The first kappa shape index (κ1) is 23.0. The Labute approximate surface area is 200 Å². The lowest BCUT2D eigenvalue weighted by molar-refractivity contribution is 0.964. The van der Waals surface area contributed by atoms with Gasteiger partial charge in [-0.1, -0.05) is 67.8 Å². The molecule has 4 aromatic rings. The van der Waals surface area contributed by atoms with Crippen LogP contribution in [0.5, 0.6) is 0 Å². The summed E-state index contributed by atoms with van der Waals surface area (Å²) in [4.78, 5) is 7.87. The summed E-state index contributed by atoms with van der Waals surface area (Å²) in [5.74, 6) is 0. The van der Waals surface area contributed by atoms with Crippen LogP contribution in [0.25, 0.3) is 34.6 Å². The molecule has 34 heavy (non-hydrogen) atoms. The summed E-state index contributed by atoms with van der Waals surface area (Å²) in [5, 5.41) is 9.69. The fourth-order valence-electron chi connectivity index (χ4n) is 4.00. The van der Waals surface area contributed by atoms with Gasteiger partial charge < -0.3 is 4.98 Å². The van der Waals surface area contributed by atoms with Gasteiger partial charge in [-0.15, -0.1) is 0 Å². The zero-order chi connectivity index (χ0) is 23.9. The van der Waals surface area contributed by atoms with Gasteiger partial charge >= 0.3 is 0 Å². The minimum Gasteiger partial charge on any atom is -0.352 e. The number of hydrogen-bond donors (Lipinski definition) is 2. The number of aromatic amines is 2. The van der Waals surface area contributed by atoms with E-state index < -0.39 is 0 Å². The van der Waals surface area contributed by atoms with Gasteiger partial charge in [0.15, 0.2) is 0 Å². The molecule has 0 aliphatic heterocycles. The molecule has 0 aliphatic carbocycles. The van der Waals surface area contributed by atoms with Crippen molar-refractivity contribution >= 4 is 23.2 Å². The van der Waals surface area contributed by atoms with Crippen LogP contribution in [-0.4, -0.2) is 20.2 Å². The average molecular weight is 447 g/mol. The maximum absolute atomic E-state index is 4.59. The summed E-state index contributed by atoms with van der Waals surface area (Å²) in [6, 6.07) is 16.5. The van der Waals surface area contributed by atoms with Crippen LogP contribution in [0.1, 0.15) is 25.8 Å². The van der Waals surface area contributed by atoms with Gasteiger partial charge in [0.2, 0.25) is 0 Å². The molecule has 0 spiro atoms. The van der Waals surface area contributed by atoms with Crippen LogP contribution in [-0.2, 0) is 6.42 Å². The van der Waals surface area contributed by atoms with Crippen molar-refractivity contribution in [2.75, 3.05) is 0 Å². The molecule has 3 aromatic heterocycles. The van der Waals surface area contributed by atoms with Crippen molar-refractivity contribution < 1.29 is 0 Å². The Kier molecular flexibility index (Phi) is 7.19. The summed E-state index contributed by atoms with van der Waals surface area (Å²) < 4.78 is 0. The first-order valence-corrected chi connectivity index (χ1v) is 11.5. The van der Waals surface area contributed by atoms with Gasteiger partial charge in [0, 0.05) is 11.4 Å². The van der Waals surface area contributed by atoms with E-state index in [0.717, 1.165) is 57.0 Å². The number of hydrogen-bond acceptors (Lipinski definition) is 2. The molecule has 0 amide bonds. The second-order valence-electron chi connectivity index (χ2n) is 8.13. The van der Waals surface area contributed by atoms with Gasteiger partial charge in [-0.25, -0.2) is 0 Å². The highest BCUT2D eigenvalue weighted by Gasteiger charge is 2.10. The van der Waals surface area contributed by atoms with Crippen LogP contribution < -0.4 is 10.6 Å². The molecule has 0 fully saturated rings. The molecule has 0 saturated carbocycles. The summed E-state index contributed by atoms with van der Waals surface area (Å²) >= 11 is 0. The maximum Gasteiger partial charge on any atom is 0.116 e. The molecule has 2 N–H and O–H groups in total. The van der Waals surface area contributed by atoms with E-state index in [-0.39, 0.29) is 0 Å². The van der Waals surface area contributed by atoms with E-state index in [0.29, 0.717) is 0 Å². The maximum atomic E-state index is 4.59. The van der Waals surface area contributed by atoms with E-state index >= 15 is 0 Å². The Morgan fingerprint density at radius 3 is 2.62 bits per heavy atom. The number of pyridine rings is 1. The topological polar surface area (TPSA) is 57.4 Å². The second-order valence-corrected chi connectivity index (χ2v) is 8.13. The molecule has 4 nitrogen and oxygen atoms in total. The lowest BCUT2D eigenvalue weighted by atomic mass is 9.98. The number of allylic oxidation sites excluding steroid dienone is 6. The normalized spacial score (nSPS) is 13.6. The third-order valence-electron chi connectivity index (χ3n) is 5.91. The van der Waals surface area contributed by atoms with Crippen LogP contribution in [0, 0.1) is 0 Å². The molecule has 1 aromatic carbocycles. The van der Waals surface area contributed by atoms with Crippen LogP contribution in [0.2, 0.25) is 0 Å². The van der Waals surface area contributed by atoms with Gasteiger partial charge in [-0.05, 0) is 73.2 Å². The quantitative estimate of drug-likeness (QED) is 0.337. The Morgan fingerprint density at radius 2 is 1.91 bits per heavy atom. The molecule has 170 valence electrons. The lowest BCUT2D eigenvalue weighted by Crippen LogP contribution is -2.23. The van der Waals surface area contributed by atoms with E-state index in [1.807, 2.05) is 50.3 Å². The average Bonchev–Trinajstić information content (AvgIpc) is 3.48. The minimum atomic E-state index is 0.847. The monoisotopic (exact) mass is 446 g/mol. The molecular formula is C30H30N4. The largest absolute Gasteiger partial charge is 0.352 e. The van der Waals surface area contributed by atoms with Crippen molar-refractivity contribution in [1.29, 1.82) is 0 Å². The standard InChI is InChI=1S/C30H30N4/c1-5-22(15-16-23-12-9-8-10-13-23)19-24(6-2)21(4)18-25-26(7-3)33-34-30(25)29-20-28-27(32-29)14-11-17-31-28/h5-14,17-20,32-33H,1,4,15-16H2,2-3H3/b22-19+,24-6+,25-18+,26-7+. The van der Waals surface area contributed by atoms with Gasteiger partial charge in [0.25, 0.3) is 0 Å². The molecule has 0 unspecified atom stereocenters. The number of fused-ring (bicyclic) bond motifs is 1. The van der Waals surface area contributed by atoms with Crippen molar-refractivity contribution in [2.45, 2.75) is 26.7 Å². The Hall–Kier alpha value is -4.18. The van der Waals surface area contributed by atoms with Gasteiger partial charge in [-0.2, -0.15) is 5.10 Å². The number of aryl methyl sites for hydroxylation is 1. The van der Waals surface area contributed by atoms with E-state index in [1.165, 1.54) is 11.1 Å². The number of nitrogens with one attached hydrogen (secondary N) is 2. The number of rotatable bonds is 8. The highest BCUT2D eigenvalue weighted by Crippen LogP contribution is 2.20. The van der Waals surface area contributed by atoms with Crippen LogP contribution >= 0.6 is 0 Å². The number of H-pyrrole nitrogens is 2. The van der Waals surface area contributed by atoms with Crippen LogP contribution in [0.4, 0.5) is 0 Å². The van der Waals surface area contributed by atoms with Crippen molar-refractivity contribution in [3.63, 3.8) is 0 Å². The highest BCUT2D eigenvalue weighted by atomic mass is 15.1. The van der Waals surface area contributed by atoms with E-state index in [1.54, 1.807) is 6.20 Å². The summed E-state index contributed by atoms with van der Waals surface area (Å²) in [6.45, 7) is 12.4. The molecule has 0 bridgehead atoms. The predicted octanol–water partition coefficient (Wildman–Crippen LogP) is 5.78. The molecule has 4 rings (SSSR count).